The highest BCUT2D eigenvalue weighted by Crippen LogP contribution is 2.54. The molecule has 5 aliphatic rings. The number of hydrogen-bond donors (Lipinski definition) is 1. The minimum atomic E-state index is 0.439. The summed E-state index contributed by atoms with van der Waals surface area (Å²) in [7, 11) is 6.69. The van der Waals surface area contributed by atoms with Crippen LogP contribution in [0.25, 0.3) is 0 Å². The maximum Gasteiger partial charge on any atom is 0.139 e. The lowest BCUT2D eigenvalue weighted by molar-refractivity contribution is 0.267. The number of fused-ring (bicyclic) bond motifs is 13. The normalized spacial score (nSPS) is 21.0. The van der Waals surface area contributed by atoms with Gasteiger partial charge in [-0.15, -0.1) is 0 Å². The number of nitrogens with zero attached hydrogens (tertiary/aromatic N) is 8. The maximum absolute atomic E-state index is 11.5. The van der Waals surface area contributed by atoms with Gasteiger partial charge in [0.25, 0.3) is 0 Å². The van der Waals surface area contributed by atoms with E-state index in [2.05, 4.69) is 81.1 Å². The van der Waals surface area contributed by atoms with Gasteiger partial charge in [0, 0.05) is 80.8 Å². The van der Waals surface area contributed by atoms with Gasteiger partial charge in [0.05, 0.1) is 49.4 Å². The summed E-state index contributed by atoms with van der Waals surface area (Å²) < 4.78 is 0. The van der Waals surface area contributed by atoms with Gasteiger partial charge in [-0.2, -0.15) is 0 Å². The van der Waals surface area contributed by atoms with Gasteiger partial charge >= 0.3 is 0 Å². The van der Waals surface area contributed by atoms with Gasteiger partial charge in [-0.25, -0.2) is 0 Å². The molecule has 0 atom stereocenters. The molecule has 0 saturated carbocycles. The van der Waals surface area contributed by atoms with Crippen molar-refractivity contribution in [1.29, 1.82) is 0 Å². The average Bonchev–Trinajstić information content (AvgIpc) is 2.90. The Bertz CT molecular complexity index is 1330. The Labute approximate surface area is 233 Å². The largest absolute Gasteiger partial charge is 0.506 e. The predicted octanol–water partition coefficient (Wildman–Crippen LogP) is 3.38. The number of hydrogen-bond acceptors (Lipinski definition) is 9. The van der Waals surface area contributed by atoms with Crippen LogP contribution in [0.3, 0.4) is 0 Å². The molecule has 210 valence electrons. The molecule has 0 aromatic heterocycles. The molecule has 5 aliphatic heterocycles. The standard InChI is InChI=1S/C30H44N8O/c1-7-34-13-22-27(33(6)18-34)21-12-32(5)17-36(9-3)28(21)24-15-38-19-37(29(22)24)14-23-26-20(10-25(39)30(23)38)11-31(4)16-35(26)8-2/h10,39H,7-9,11-19H2,1-6H3. The molecule has 2 aromatic carbocycles. The van der Waals surface area contributed by atoms with Crippen LogP contribution in [0.5, 0.6) is 5.75 Å². The van der Waals surface area contributed by atoms with Gasteiger partial charge in [-0.3, -0.25) is 14.7 Å². The Morgan fingerprint density at radius 1 is 0.590 bits per heavy atom. The maximum atomic E-state index is 11.5. The van der Waals surface area contributed by atoms with E-state index in [1.165, 1.54) is 50.6 Å². The zero-order chi connectivity index (χ0) is 27.2. The molecule has 1 N–H and O–H groups in total. The van der Waals surface area contributed by atoms with Crippen LogP contribution in [0.2, 0.25) is 0 Å². The van der Waals surface area contributed by atoms with Gasteiger partial charge < -0.3 is 29.6 Å². The van der Waals surface area contributed by atoms with Crippen LogP contribution in [-0.4, -0.2) is 87.3 Å². The summed E-state index contributed by atoms with van der Waals surface area (Å²) >= 11 is 0. The highest BCUT2D eigenvalue weighted by Gasteiger charge is 2.42. The van der Waals surface area contributed by atoms with Crippen molar-refractivity contribution < 1.29 is 5.11 Å². The van der Waals surface area contributed by atoms with E-state index in [0.717, 1.165) is 84.7 Å². The highest BCUT2D eigenvalue weighted by atomic mass is 16.3. The fourth-order valence-electron chi connectivity index (χ4n) is 8.08. The Morgan fingerprint density at radius 3 is 1.87 bits per heavy atom. The molecule has 7 rings (SSSR count). The number of anilines is 5. The molecule has 0 aliphatic carbocycles. The number of aromatic hydroxyl groups is 1. The van der Waals surface area contributed by atoms with Crippen molar-refractivity contribution in [3.05, 3.63) is 33.9 Å². The number of rotatable bonds is 3. The third-order valence-electron chi connectivity index (χ3n) is 9.53. The van der Waals surface area contributed by atoms with Crippen LogP contribution in [0.4, 0.5) is 28.4 Å². The molecule has 0 fully saturated rings. The summed E-state index contributed by atoms with van der Waals surface area (Å²) in [6, 6.07) is 2.04. The SMILES string of the molecule is CCN1Cc2c(c3c(c4c2N2Cc5c(c(O)cc6c5N(CC)CN(C)C6)N(C4)C2)N(CC)CN(C)C3)N(C)C1. The third kappa shape index (κ3) is 3.62. The van der Waals surface area contributed by atoms with Crippen molar-refractivity contribution in [3.63, 3.8) is 0 Å². The van der Waals surface area contributed by atoms with E-state index in [-0.39, 0.29) is 0 Å². The van der Waals surface area contributed by atoms with Gasteiger partial charge in [-0.05, 0) is 46.1 Å². The topological polar surface area (TPSA) is 46.2 Å². The smallest absolute Gasteiger partial charge is 0.139 e. The molecule has 5 heterocycles. The van der Waals surface area contributed by atoms with Crippen molar-refractivity contribution >= 4 is 28.4 Å². The second-order valence-electron chi connectivity index (χ2n) is 12.3. The van der Waals surface area contributed by atoms with Gasteiger partial charge in [-0.1, -0.05) is 6.92 Å². The zero-order valence-corrected chi connectivity index (χ0v) is 24.6. The Balaban J connectivity index is 1.45. The molecular weight excluding hydrogens is 488 g/mol. The molecule has 0 amide bonds. The van der Waals surface area contributed by atoms with Crippen LogP contribution in [0.15, 0.2) is 6.07 Å². The van der Waals surface area contributed by atoms with E-state index >= 15 is 0 Å². The average molecular weight is 533 g/mol. The first-order valence-electron chi connectivity index (χ1n) is 14.7. The number of phenols is 1. The van der Waals surface area contributed by atoms with Crippen molar-refractivity contribution in [3.8, 4) is 5.75 Å². The highest BCUT2D eigenvalue weighted by molar-refractivity contribution is 5.89. The van der Waals surface area contributed by atoms with Crippen LogP contribution < -0.4 is 24.5 Å². The lowest BCUT2D eigenvalue weighted by atomic mass is 9.88. The molecule has 0 unspecified atom stereocenters. The Hall–Kier alpha value is -2.88. The first-order valence-corrected chi connectivity index (χ1v) is 14.7. The second-order valence-corrected chi connectivity index (χ2v) is 12.3. The third-order valence-corrected chi connectivity index (χ3v) is 9.53. The monoisotopic (exact) mass is 532 g/mol. The second kappa shape index (κ2) is 9.08. The first kappa shape index (κ1) is 25.1. The first-order chi connectivity index (χ1) is 18.8. The van der Waals surface area contributed by atoms with E-state index in [1.54, 1.807) is 0 Å². The Kier molecular flexibility index (Phi) is 5.84. The van der Waals surface area contributed by atoms with E-state index in [4.69, 9.17) is 0 Å². The number of benzene rings is 2. The molecule has 9 nitrogen and oxygen atoms in total. The van der Waals surface area contributed by atoms with E-state index in [9.17, 15) is 5.11 Å². The molecule has 0 radical (unpaired) electrons. The predicted molar refractivity (Wildman–Crippen MR) is 160 cm³/mol. The summed E-state index contributed by atoms with van der Waals surface area (Å²) in [4.78, 5) is 20.0. The van der Waals surface area contributed by atoms with Crippen LogP contribution in [0, 0.1) is 0 Å². The van der Waals surface area contributed by atoms with Crippen LogP contribution >= 0.6 is 0 Å². The lowest BCUT2D eigenvalue weighted by Crippen LogP contribution is -2.51. The molecule has 0 saturated heterocycles. The Morgan fingerprint density at radius 2 is 1.18 bits per heavy atom. The summed E-state index contributed by atoms with van der Waals surface area (Å²) in [6.45, 7) is 18.0. The molecule has 2 aromatic rings. The van der Waals surface area contributed by atoms with Gasteiger partial charge in [0.15, 0.2) is 0 Å². The zero-order valence-electron chi connectivity index (χ0n) is 24.6. The van der Waals surface area contributed by atoms with Crippen LogP contribution in [0.1, 0.15) is 48.6 Å². The minimum Gasteiger partial charge on any atom is -0.506 e. The van der Waals surface area contributed by atoms with Crippen molar-refractivity contribution in [2.45, 2.75) is 53.5 Å². The molecule has 39 heavy (non-hydrogen) atoms. The van der Waals surface area contributed by atoms with Gasteiger partial charge in [0.1, 0.15) is 5.75 Å². The van der Waals surface area contributed by atoms with E-state index in [1.807, 2.05) is 6.07 Å². The van der Waals surface area contributed by atoms with Crippen molar-refractivity contribution in [1.82, 2.24) is 14.7 Å². The fraction of sp³-hybridized carbons (Fsp3) is 0.600. The molecule has 2 bridgehead atoms. The summed E-state index contributed by atoms with van der Waals surface area (Å²) in [5, 5.41) is 11.5. The lowest BCUT2D eigenvalue weighted by Gasteiger charge is -2.52. The molecular formula is C30H44N8O. The molecule has 9 heteroatoms. The quantitative estimate of drug-likeness (QED) is 0.641. The van der Waals surface area contributed by atoms with Crippen molar-refractivity contribution in [2.75, 3.05) is 92.0 Å². The van der Waals surface area contributed by atoms with E-state index < -0.39 is 0 Å². The summed E-state index contributed by atoms with van der Waals surface area (Å²) in [6.07, 6.45) is 0. The van der Waals surface area contributed by atoms with Crippen LogP contribution in [-0.2, 0) is 32.7 Å². The fourth-order valence-corrected chi connectivity index (χ4v) is 8.08. The molecule has 0 spiro atoms. The van der Waals surface area contributed by atoms with Gasteiger partial charge in [0.2, 0.25) is 0 Å². The number of phenolic OH excluding ortho intramolecular Hbond substituents is 1. The summed E-state index contributed by atoms with van der Waals surface area (Å²) in [5.41, 5.74) is 13.7. The van der Waals surface area contributed by atoms with Crippen molar-refractivity contribution in [2.24, 2.45) is 0 Å². The summed E-state index contributed by atoms with van der Waals surface area (Å²) in [5.74, 6) is 0.439. The van der Waals surface area contributed by atoms with E-state index in [0.29, 0.717) is 5.75 Å². The minimum absolute atomic E-state index is 0.439.